The molecule has 1 amide bonds. The fourth-order valence-corrected chi connectivity index (χ4v) is 2.59. The molecular weight excluding hydrogens is 306 g/mol. The number of H-pyrrole nitrogens is 2. The Kier molecular flexibility index (Phi) is 3.47. The van der Waals surface area contributed by atoms with Crippen molar-refractivity contribution < 1.29 is 4.79 Å². The number of aromatic amines is 2. The van der Waals surface area contributed by atoms with Crippen molar-refractivity contribution in [2.24, 2.45) is 0 Å². The van der Waals surface area contributed by atoms with Gasteiger partial charge in [-0.1, -0.05) is 35.5 Å². The van der Waals surface area contributed by atoms with Crippen LogP contribution in [0.3, 0.4) is 0 Å². The van der Waals surface area contributed by atoms with Gasteiger partial charge in [0.25, 0.3) is 5.91 Å². The second-order valence-corrected chi connectivity index (χ2v) is 5.19. The van der Waals surface area contributed by atoms with Crippen LogP contribution in [0.5, 0.6) is 0 Å². The van der Waals surface area contributed by atoms with Gasteiger partial charge in [0.1, 0.15) is 11.7 Å². The van der Waals surface area contributed by atoms with Gasteiger partial charge >= 0.3 is 0 Å². The summed E-state index contributed by atoms with van der Waals surface area (Å²) in [6, 6.07) is 12.6. The van der Waals surface area contributed by atoms with Crippen molar-refractivity contribution in [1.82, 2.24) is 35.9 Å². The first-order valence-electron chi connectivity index (χ1n) is 7.34. The third-order valence-electron chi connectivity index (χ3n) is 3.72. The average Bonchev–Trinajstić information content (AvgIpc) is 3.30. The minimum absolute atomic E-state index is 0.243. The number of tetrazole rings is 1. The maximum absolute atomic E-state index is 12.8. The molecule has 0 fully saturated rings. The van der Waals surface area contributed by atoms with E-state index in [1.54, 1.807) is 18.5 Å². The van der Waals surface area contributed by atoms with Crippen LogP contribution >= 0.6 is 0 Å². The molecule has 3 heterocycles. The standard InChI is InChI=1S/C16H13N7O/c24-16(12-9-18-14-11(12)7-4-8-17-14)19-13(15-20-22-23-21-15)10-5-2-1-3-6-10/h1-9,13H,(H,17,18)(H,19,24)(H,20,21,22,23). The summed E-state index contributed by atoms with van der Waals surface area (Å²) in [7, 11) is 0. The van der Waals surface area contributed by atoms with Gasteiger partial charge in [-0.25, -0.2) is 4.98 Å². The van der Waals surface area contributed by atoms with Crippen LogP contribution in [0.4, 0.5) is 0 Å². The molecule has 4 rings (SSSR count). The Balaban J connectivity index is 1.69. The van der Waals surface area contributed by atoms with E-state index in [4.69, 9.17) is 0 Å². The number of aromatic nitrogens is 6. The number of amides is 1. The number of fused-ring (bicyclic) bond motifs is 1. The first-order chi connectivity index (χ1) is 11.8. The van der Waals surface area contributed by atoms with E-state index in [-0.39, 0.29) is 5.91 Å². The molecule has 0 saturated heterocycles. The quantitative estimate of drug-likeness (QED) is 0.529. The van der Waals surface area contributed by atoms with E-state index in [9.17, 15) is 4.79 Å². The number of rotatable bonds is 4. The van der Waals surface area contributed by atoms with E-state index in [0.717, 1.165) is 10.9 Å². The summed E-state index contributed by atoms with van der Waals surface area (Å²) in [5.74, 6) is 0.153. The zero-order chi connectivity index (χ0) is 16.4. The minimum atomic E-state index is -0.501. The molecule has 8 nitrogen and oxygen atoms in total. The first kappa shape index (κ1) is 14.1. The molecule has 0 radical (unpaired) electrons. The lowest BCUT2D eigenvalue weighted by molar-refractivity contribution is 0.0943. The lowest BCUT2D eigenvalue weighted by Crippen LogP contribution is -2.30. The number of nitrogens with one attached hydrogen (secondary N) is 3. The van der Waals surface area contributed by atoms with Crippen molar-refractivity contribution in [3.63, 3.8) is 0 Å². The smallest absolute Gasteiger partial charge is 0.254 e. The summed E-state index contributed by atoms with van der Waals surface area (Å²) in [6.07, 6.45) is 3.32. The molecular formula is C16H13N7O. The Morgan fingerprint density at radius 1 is 1.12 bits per heavy atom. The highest BCUT2D eigenvalue weighted by Crippen LogP contribution is 2.21. The van der Waals surface area contributed by atoms with Crippen molar-refractivity contribution >= 4 is 16.9 Å². The molecule has 0 saturated carbocycles. The average molecular weight is 319 g/mol. The molecule has 118 valence electrons. The van der Waals surface area contributed by atoms with Crippen molar-refractivity contribution in [2.75, 3.05) is 0 Å². The summed E-state index contributed by atoms with van der Waals surface area (Å²) < 4.78 is 0. The zero-order valence-electron chi connectivity index (χ0n) is 12.5. The van der Waals surface area contributed by atoms with Crippen LogP contribution in [0.25, 0.3) is 11.0 Å². The van der Waals surface area contributed by atoms with Crippen LogP contribution in [0, 0.1) is 0 Å². The number of nitrogens with zero attached hydrogens (tertiary/aromatic N) is 4. The Hall–Kier alpha value is -3.55. The van der Waals surface area contributed by atoms with Crippen LogP contribution < -0.4 is 5.32 Å². The van der Waals surface area contributed by atoms with E-state index in [1.807, 2.05) is 36.4 Å². The SMILES string of the molecule is O=C(NC(c1ccccc1)c1nn[nH]n1)c1c[nH]c2ncccc12. The third-order valence-corrected chi connectivity index (χ3v) is 3.72. The summed E-state index contributed by atoms with van der Waals surface area (Å²) in [5, 5.41) is 17.7. The molecule has 3 N–H and O–H groups in total. The van der Waals surface area contributed by atoms with Gasteiger partial charge in [0.2, 0.25) is 5.82 Å². The van der Waals surface area contributed by atoms with Crippen molar-refractivity contribution in [2.45, 2.75) is 6.04 Å². The Bertz CT molecular complexity index is 962. The molecule has 1 atom stereocenters. The van der Waals surface area contributed by atoms with E-state index in [0.29, 0.717) is 17.0 Å². The number of hydrogen-bond acceptors (Lipinski definition) is 5. The Morgan fingerprint density at radius 2 is 2.00 bits per heavy atom. The molecule has 0 aliphatic rings. The molecule has 4 aromatic rings. The van der Waals surface area contributed by atoms with Gasteiger partial charge in [-0.3, -0.25) is 4.79 Å². The first-order valence-corrected chi connectivity index (χ1v) is 7.34. The van der Waals surface area contributed by atoms with Crippen LogP contribution in [-0.4, -0.2) is 36.5 Å². The molecule has 0 aliphatic carbocycles. The number of benzene rings is 1. The van der Waals surface area contributed by atoms with Gasteiger partial charge in [0.05, 0.1) is 5.56 Å². The number of carbonyl (C=O) groups is 1. The minimum Gasteiger partial charge on any atom is -0.345 e. The van der Waals surface area contributed by atoms with Crippen molar-refractivity contribution in [3.8, 4) is 0 Å². The maximum atomic E-state index is 12.8. The van der Waals surface area contributed by atoms with Gasteiger partial charge in [-0.2, -0.15) is 5.21 Å². The molecule has 0 spiro atoms. The second kappa shape index (κ2) is 5.92. The van der Waals surface area contributed by atoms with Crippen LogP contribution in [0.1, 0.15) is 27.8 Å². The topological polar surface area (TPSA) is 112 Å². The lowest BCUT2D eigenvalue weighted by Gasteiger charge is -2.15. The second-order valence-electron chi connectivity index (χ2n) is 5.19. The van der Waals surface area contributed by atoms with Crippen LogP contribution in [0.15, 0.2) is 54.9 Å². The van der Waals surface area contributed by atoms with Crippen molar-refractivity contribution in [3.05, 3.63) is 71.8 Å². The Labute approximate surface area is 136 Å². The maximum Gasteiger partial charge on any atom is 0.254 e. The van der Waals surface area contributed by atoms with Crippen LogP contribution in [-0.2, 0) is 0 Å². The van der Waals surface area contributed by atoms with E-state index >= 15 is 0 Å². The highest BCUT2D eigenvalue weighted by atomic mass is 16.1. The van der Waals surface area contributed by atoms with Gasteiger partial charge in [-0.15, -0.1) is 10.2 Å². The van der Waals surface area contributed by atoms with Crippen LogP contribution in [0.2, 0.25) is 0 Å². The number of hydrogen-bond donors (Lipinski definition) is 3. The largest absolute Gasteiger partial charge is 0.345 e. The summed E-state index contributed by atoms with van der Waals surface area (Å²) >= 11 is 0. The number of pyridine rings is 1. The van der Waals surface area contributed by atoms with Gasteiger partial charge < -0.3 is 10.3 Å². The molecule has 1 aromatic carbocycles. The number of carbonyl (C=O) groups excluding carboxylic acids is 1. The van der Waals surface area contributed by atoms with E-state index in [1.165, 1.54) is 0 Å². The van der Waals surface area contributed by atoms with Gasteiger partial charge in [0, 0.05) is 17.8 Å². The van der Waals surface area contributed by atoms with Gasteiger partial charge in [-0.05, 0) is 17.7 Å². The third kappa shape index (κ3) is 2.50. The summed E-state index contributed by atoms with van der Waals surface area (Å²) in [6.45, 7) is 0. The normalized spacial score (nSPS) is 12.2. The highest BCUT2D eigenvalue weighted by Gasteiger charge is 2.23. The fraction of sp³-hybridized carbons (Fsp3) is 0.0625. The molecule has 0 aliphatic heterocycles. The van der Waals surface area contributed by atoms with E-state index in [2.05, 4.69) is 35.9 Å². The molecule has 0 bridgehead atoms. The zero-order valence-corrected chi connectivity index (χ0v) is 12.5. The summed E-state index contributed by atoms with van der Waals surface area (Å²) in [5.41, 5.74) is 2.05. The predicted molar refractivity (Wildman–Crippen MR) is 86.0 cm³/mol. The predicted octanol–water partition coefficient (Wildman–Crippen LogP) is 1.60. The van der Waals surface area contributed by atoms with Gasteiger partial charge in [0.15, 0.2) is 0 Å². The fourth-order valence-electron chi connectivity index (χ4n) is 2.59. The Morgan fingerprint density at radius 3 is 2.79 bits per heavy atom. The molecule has 8 heteroatoms. The molecule has 3 aromatic heterocycles. The van der Waals surface area contributed by atoms with Crippen molar-refractivity contribution in [1.29, 1.82) is 0 Å². The molecule has 24 heavy (non-hydrogen) atoms. The van der Waals surface area contributed by atoms with E-state index < -0.39 is 6.04 Å². The summed E-state index contributed by atoms with van der Waals surface area (Å²) in [4.78, 5) is 19.9. The lowest BCUT2D eigenvalue weighted by atomic mass is 10.1. The molecule has 1 unspecified atom stereocenters. The highest BCUT2D eigenvalue weighted by molar-refractivity contribution is 6.06. The monoisotopic (exact) mass is 319 g/mol.